The summed E-state index contributed by atoms with van der Waals surface area (Å²) in [5, 5.41) is 5.72. The van der Waals surface area contributed by atoms with Gasteiger partial charge < -0.3 is 14.3 Å². The van der Waals surface area contributed by atoms with Gasteiger partial charge in [-0.3, -0.25) is 4.90 Å². The second-order valence-electron chi connectivity index (χ2n) is 8.20. The van der Waals surface area contributed by atoms with Crippen molar-refractivity contribution in [1.82, 2.24) is 15.0 Å². The van der Waals surface area contributed by atoms with Crippen LogP contribution in [0, 0.1) is 5.82 Å². The number of carbonyl (C=O) groups is 1. The summed E-state index contributed by atoms with van der Waals surface area (Å²) in [5.74, 6) is 0.00155. The number of fused-ring (bicyclic) bond motifs is 1. The van der Waals surface area contributed by atoms with Gasteiger partial charge in [0, 0.05) is 43.5 Å². The van der Waals surface area contributed by atoms with Gasteiger partial charge in [0.15, 0.2) is 5.58 Å². The molecule has 2 amide bonds. The third kappa shape index (κ3) is 4.00. The molecule has 0 spiro atoms. The smallest absolute Gasteiger partial charge is 0.324 e. The van der Waals surface area contributed by atoms with E-state index < -0.39 is 0 Å². The van der Waals surface area contributed by atoms with Crippen LogP contribution in [0.5, 0.6) is 0 Å². The second kappa shape index (κ2) is 8.48. The molecule has 3 heterocycles. The molecule has 0 aliphatic carbocycles. The fraction of sp³-hybridized carbons (Fsp3) is 0.391. The van der Waals surface area contributed by atoms with Crippen molar-refractivity contribution in [3.05, 3.63) is 59.0 Å². The Bertz CT molecular complexity index is 1100. The number of anilines is 1. The molecule has 6 nitrogen and oxygen atoms in total. The molecule has 8 heteroatoms. The number of piperidine rings is 1. The highest BCUT2D eigenvalue weighted by molar-refractivity contribution is 6.33. The summed E-state index contributed by atoms with van der Waals surface area (Å²) >= 11 is 6.27. The van der Waals surface area contributed by atoms with E-state index in [9.17, 15) is 9.18 Å². The average molecular weight is 443 g/mol. The van der Waals surface area contributed by atoms with E-state index in [1.54, 1.807) is 11.0 Å². The molecule has 2 aliphatic rings. The van der Waals surface area contributed by atoms with Crippen LogP contribution in [0.15, 0.2) is 47.0 Å². The molecule has 5 rings (SSSR count). The van der Waals surface area contributed by atoms with Crippen LogP contribution in [0.1, 0.15) is 24.5 Å². The van der Waals surface area contributed by atoms with Gasteiger partial charge in [-0.1, -0.05) is 28.9 Å². The number of halogens is 2. The quantitative estimate of drug-likeness (QED) is 0.572. The highest BCUT2D eigenvalue weighted by Crippen LogP contribution is 2.33. The molecule has 0 radical (unpaired) electrons. The van der Waals surface area contributed by atoms with Crippen LogP contribution >= 0.6 is 11.6 Å². The minimum absolute atomic E-state index is 0.0179. The molecule has 1 aromatic heterocycles. The van der Waals surface area contributed by atoms with Crippen molar-refractivity contribution in [3.8, 4) is 0 Å². The fourth-order valence-electron chi connectivity index (χ4n) is 4.60. The summed E-state index contributed by atoms with van der Waals surface area (Å²) in [6.45, 7) is 4.80. The van der Waals surface area contributed by atoms with E-state index in [1.165, 1.54) is 12.1 Å². The molecule has 2 aromatic carbocycles. The first-order chi connectivity index (χ1) is 15.1. The van der Waals surface area contributed by atoms with Crippen molar-refractivity contribution in [2.75, 3.05) is 44.2 Å². The first kappa shape index (κ1) is 20.3. The van der Waals surface area contributed by atoms with Crippen LogP contribution in [-0.4, -0.2) is 60.3 Å². The normalized spacial score (nSPS) is 18.5. The number of carbonyl (C=O) groups excluding carboxylic acids is 1. The lowest BCUT2D eigenvalue weighted by atomic mass is 9.91. The molecular formula is C23H24ClFN4O2. The molecule has 162 valence electrons. The van der Waals surface area contributed by atoms with E-state index in [-0.39, 0.29) is 11.8 Å². The predicted octanol–water partition coefficient (Wildman–Crippen LogP) is 4.74. The molecule has 0 unspecified atom stereocenters. The van der Waals surface area contributed by atoms with E-state index in [0.29, 0.717) is 36.2 Å². The van der Waals surface area contributed by atoms with Gasteiger partial charge in [0.25, 0.3) is 0 Å². The summed E-state index contributed by atoms with van der Waals surface area (Å²) in [6.07, 6.45) is 1.94. The monoisotopic (exact) mass is 442 g/mol. The topological polar surface area (TPSA) is 52.8 Å². The predicted molar refractivity (Wildman–Crippen MR) is 118 cm³/mol. The van der Waals surface area contributed by atoms with E-state index in [0.717, 1.165) is 49.2 Å². The summed E-state index contributed by atoms with van der Waals surface area (Å²) < 4.78 is 18.7. The Morgan fingerprint density at radius 1 is 1.06 bits per heavy atom. The number of para-hydroxylation sites is 1. The first-order valence-electron chi connectivity index (χ1n) is 10.7. The Balaban J connectivity index is 1.15. The maximum Gasteiger partial charge on any atom is 0.324 e. The van der Waals surface area contributed by atoms with Crippen molar-refractivity contribution in [1.29, 1.82) is 0 Å². The Hall–Kier alpha value is -2.64. The van der Waals surface area contributed by atoms with Gasteiger partial charge in [-0.15, -0.1) is 0 Å². The molecule has 0 atom stereocenters. The maximum absolute atomic E-state index is 13.4. The lowest BCUT2D eigenvalue weighted by Crippen LogP contribution is -2.41. The minimum Gasteiger partial charge on any atom is -0.356 e. The zero-order valence-corrected chi connectivity index (χ0v) is 17.9. The van der Waals surface area contributed by atoms with Crippen molar-refractivity contribution >= 4 is 34.3 Å². The molecule has 0 N–H and O–H groups in total. The van der Waals surface area contributed by atoms with E-state index in [1.807, 2.05) is 29.2 Å². The summed E-state index contributed by atoms with van der Waals surface area (Å²) in [6, 6.07) is 12.1. The number of rotatable bonds is 5. The summed E-state index contributed by atoms with van der Waals surface area (Å²) in [7, 11) is 0. The highest BCUT2D eigenvalue weighted by Gasteiger charge is 2.31. The number of nitrogens with zero attached hydrogens (tertiary/aromatic N) is 4. The van der Waals surface area contributed by atoms with E-state index >= 15 is 0 Å². The molecule has 0 bridgehead atoms. The van der Waals surface area contributed by atoms with Crippen LogP contribution in [0.3, 0.4) is 0 Å². The molecule has 31 heavy (non-hydrogen) atoms. The van der Waals surface area contributed by atoms with Gasteiger partial charge >= 0.3 is 6.03 Å². The Kier molecular flexibility index (Phi) is 5.54. The number of aromatic nitrogens is 1. The van der Waals surface area contributed by atoms with Crippen LogP contribution in [0.25, 0.3) is 11.0 Å². The largest absolute Gasteiger partial charge is 0.356 e. The van der Waals surface area contributed by atoms with E-state index in [2.05, 4.69) is 10.1 Å². The highest BCUT2D eigenvalue weighted by atomic mass is 35.5. The van der Waals surface area contributed by atoms with Gasteiger partial charge in [-0.25, -0.2) is 9.18 Å². The van der Waals surface area contributed by atoms with Crippen LogP contribution in [-0.2, 0) is 0 Å². The van der Waals surface area contributed by atoms with Gasteiger partial charge in [0.2, 0.25) is 0 Å². The van der Waals surface area contributed by atoms with Gasteiger partial charge in [-0.2, -0.15) is 0 Å². The number of likely N-dealkylation sites (tertiary alicyclic amines) is 1. The second-order valence-corrected chi connectivity index (χ2v) is 8.60. The third-order valence-electron chi connectivity index (χ3n) is 6.36. The van der Waals surface area contributed by atoms with Crippen molar-refractivity contribution in [2.24, 2.45) is 0 Å². The first-order valence-corrected chi connectivity index (χ1v) is 11.1. The molecule has 2 fully saturated rings. The Morgan fingerprint density at radius 3 is 2.68 bits per heavy atom. The third-order valence-corrected chi connectivity index (χ3v) is 6.68. The summed E-state index contributed by atoms with van der Waals surface area (Å²) in [5.41, 5.74) is 2.21. The van der Waals surface area contributed by atoms with Crippen molar-refractivity contribution < 1.29 is 13.7 Å². The molecule has 0 saturated carbocycles. The number of amides is 2. The number of urea groups is 1. The standard InChI is InChI=1S/C23H24ClFN4O2/c24-19-3-1-2-4-20(19)29-14-13-28(23(29)30)12-11-27-9-7-16(8-10-27)22-18-6-5-17(25)15-21(18)31-26-22/h1-6,15-16H,7-14H2. The lowest BCUT2D eigenvalue weighted by Gasteiger charge is -2.32. The van der Waals surface area contributed by atoms with Crippen LogP contribution in [0.4, 0.5) is 14.9 Å². The Labute approximate surface area is 185 Å². The minimum atomic E-state index is -0.311. The number of hydrogen-bond donors (Lipinski definition) is 0. The molecule has 3 aromatic rings. The SMILES string of the molecule is O=C1N(CCN2CCC(c3noc4cc(F)ccc34)CC2)CCN1c1ccccc1Cl. The maximum atomic E-state index is 13.4. The Morgan fingerprint density at radius 2 is 1.87 bits per heavy atom. The van der Waals surface area contributed by atoms with Crippen LogP contribution in [0.2, 0.25) is 5.02 Å². The van der Waals surface area contributed by atoms with Gasteiger partial charge in [-0.05, 0) is 50.2 Å². The zero-order valence-electron chi connectivity index (χ0n) is 17.1. The van der Waals surface area contributed by atoms with E-state index in [4.69, 9.17) is 16.1 Å². The summed E-state index contributed by atoms with van der Waals surface area (Å²) in [4.78, 5) is 18.9. The number of benzene rings is 2. The van der Waals surface area contributed by atoms with Crippen LogP contribution < -0.4 is 4.90 Å². The zero-order chi connectivity index (χ0) is 21.4. The van der Waals surface area contributed by atoms with Gasteiger partial charge in [0.05, 0.1) is 16.4 Å². The molecule has 2 aliphatic heterocycles. The van der Waals surface area contributed by atoms with Crippen molar-refractivity contribution in [3.63, 3.8) is 0 Å². The molecule has 2 saturated heterocycles. The lowest BCUT2D eigenvalue weighted by molar-refractivity contribution is 0.180. The van der Waals surface area contributed by atoms with Crippen molar-refractivity contribution in [2.45, 2.75) is 18.8 Å². The average Bonchev–Trinajstić information content (AvgIpc) is 3.36. The fourth-order valence-corrected chi connectivity index (χ4v) is 4.84. The number of hydrogen-bond acceptors (Lipinski definition) is 4. The molecular weight excluding hydrogens is 419 g/mol. The van der Waals surface area contributed by atoms with Gasteiger partial charge in [0.1, 0.15) is 5.82 Å².